The number of non-ortho nitro benzene ring substituents is 1. The molecule has 9 heteroatoms. The molecule has 0 radical (unpaired) electrons. The lowest BCUT2D eigenvalue weighted by Crippen LogP contribution is -2.18. The van der Waals surface area contributed by atoms with Gasteiger partial charge in [-0.1, -0.05) is 12.1 Å². The van der Waals surface area contributed by atoms with Crippen molar-refractivity contribution in [3.05, 3.63) is 39.9 Å². The highest BCUT2D eigenvalue weighted by atomic mass is 32.2. The summed E-state index contributed by atoms with van der Waals surface area (Å²) < 4.78 is -0.900. The summed E-state index contributed by atoms with van der Waals surface area (Å²) in [6.45, 7) is 1.66. The van der Waals surface area contributed by atoms with E-state index in [4.69, 9.17) is 10.2 Å². The summed E-state index contributed by atoms with van der Waals surface area (Å²) in [6, 6.07) is 5.78. The molecule has 1 aromatic carbocycles. The number of nitro benzene ring substituents is 1. The first kappa shape index (κ1) is 17.3. The van der Waals surface area contributed by atoms with E-state index in [2.05, 4.69) is 0 Å². The Morgan fingerprint density at radius 2 is 1.76 bits per heavy atom. The van der Waals surface area contributed by atoms with Crippen molar-refractivity contribution in [2.45, 2.75) is 11.0 Å². The Labute approximate surface area is 128 Å². The summed E-state index contributed by atoms with van der Waals surface area (Å²) >= 11 is 2.05. The zero-order chi connectivity index (χ0) is 16.0. The van der Waals surface area contributed by atoms with Crippen molar-refractivity contribution < 1.29 is 24.7 Å². The highest BCUT2D eigenvalue weighted by Crippen LogP contribution is 2.46. The molecule has 0 bridgehead atoms. The molecule has 0 saturated carbocycles. The summed E-state index contributed by atoms with van der Waals surface area (Å²) in [5.41, 5.74) is 0.389. The van der Waals surface area contributed by atoms with Gasteiger partial charge in [0.25, 0.3) is 5.69 Å². The van der Waals surface area contributed by atoms with Gasteiger partial charge in [-0.15, -0.1) is 23.5 Å². The molecule has 0 aromatic heterocycles. The number of carboxylic acids is 2. The molecule has 0 spiro atoms. The third-order valence-electron chi connectivity index (χ3n) is 2.52. The number of carbonyl (C=O) groups is 2. The van der Waals surface area contributed by atoms with Crippen molar-refractivity contribution in [2.24, 2.45) is 0 Å². The fraction of sp³-hybridized carbons (Fsp3) is 0.333. The van der Waals surface area contributed by atoms with Gasteiger partial charge in [-0.2, -0.15) is 0 Å². The number of rotatable bonds is 8. The smallest absolute Gasteiger partial charge is 0.313 e. The minimum atomic E-state index is -1.03. The third-order valence-corrected chi connectivity index (χ3v) is 5.59. The first-order valence-corrected chi connectivity index (χ1v) is 7.68. The Bertz CT molecular complexity index is 544. The van der Waals surface area contributed by atoms with E-state index in [1.54, 1.807) is 13.0 Å². The molecular weight excluding hydrogens is 318 g/mol. The van der Waals surface area contributed by atoms with Crippen LogP contribution < -0.4 is 0 Å². The molecule has 0 fully saturated rings. The first-order valence-electron chi connectivity index (χ1n) is 5.71. The largest absolute Gasteiger partial charge is 0.481 e. The van der Waals surface area contributed by atoms with Crippen LogP contribution in [0.15, 0.2) is 24.3 Å². The van der Waals surface area contributed by atoms with Crippen LogP contribution in [0.25, 0.3) is 0 Å². The van der Waals surface area contributed by atoms with Gasteiger partial charge < -0.3 is 10.2 Å². The van der Waals surface area contributed by atoms with Crippen molar-refractivity contribution in [3.8, 4) is 0 Å². The summed E-state index contributed by atoms with van der Waals surface area (Å²) in [6.07, 6.45) is 0. The third kappa shape index (κ3) is 5.27. The Kier molecular flexibility index (Phi) is 6.03. The molecule has 7 nitrogen and oxygen atoms in total. The summed E-state index contributed by atoms with van der Waals surface area (Å²) in [5.74, 6) is -2.53. The van der Waals surface area contributed by atoms with Crippen LogP contribution in [0.5, 0.6) is 0 Å². The highest BCUT2D eigenvalue weighted by Gasteiger charge is 2.31. The molecule has 2 N–H and O–H groups in total. The maximum absolute atomic E-state index is 10.8. The zero-order valence-electron chi connectivity index (χ0n) is 11.0. The molecule has 114 valence electrons. The van der Waals surface area contributed by atoms with Gasteiger partial charge in [-0.25, -0.2) is 0 Å². The Balaban J connectivity index is 3.09. The molecule has 0 aliphatic carbocycles. The maximum Gasteiger partial charge on any atom is 0.313 e. The average Bonchev–Trinajstić information content (AvgIpc) is 2.43. The Morgan fingerprint density at radius 1 is 1.24 bits per heavy atom. The molecule has 0 atom stereocenters. The van der Waals surface area contributed by atoms with E-state index in [0.29, 0.717) is 5.56 Å². The predicted octanol–water partition coefficient (Wildman–Crippen LogP) is 2.40. The van der Waals surface area contributed by atoms with Crippen LogP contribution in [-0.2, 0) is 13.7 Å². The average molecular weight is 331 g/mol. The van der Waals surface area contributed by atoms with Crippen LogP contribution in [0.3, 0.4) is 0 Å². The monoisotopic (exact) mass is 331 g/mol. The lowest BCUT2D eigenvalue weighted by Gasteiger charge is -2.27. The summed E-state index contributed by atoms with van der Waals surface area (Å²) in [4.78, 5) is 31.7. The van der Waals surface area contributed by atoms with Gasteiger partial charge in [0.15, 0.2) is 0 Å². The Hall–Kier alpha value is -1.74. The molecular formula is C12H13NO6S2. The predicted molar refractivity (Wildman–Crippen MR) is 80.6 cm³/mol. The molecule has 1 rings (SSSR count). The van der Waals surface area contributed by atoms with E-state index < -0.39 is 20.9 Å². The van der Waals surface area contributed by atoms with Crippen molar-refractivity contribution in [2.75, 3.05) is 11.5 Å². The second-order valence-electron chi connectivity index (χ2n) is 4.12. The molecule has 0 unspecified atom stereocenters. The molecule has 0 aliphatic heterocycles. The minimum Gasteiger partial charge on any atom is -0.481 e. The van der Waals surface area contributed by atoms with Gasteiger partial charge in [-0.3, -0.25) is 19.7 Å². The maximum atomic E-state index is 10.8. The number of aliphatic carboxylic acids is 2. The van der Waals surface area contributed by atoms with Gasteiger partial charge >= 0.3 is 11.9 Å². The van der Waals surface area contributed by atoms with Crippen molar-refractivity contribution in [1.82, 2.24) is 0 Å². The fourth-order valence-corrected chi connectivity index (χ4v) is 3.58. The van der Waals surface area contributed by atoms with Gasteiger partial charge in [0.2, 0.25) is 0 Å². The number of hydrogen-bond donors (Lipinski definition) is 2. The molecule has 1 aromatic rings. The van der Waals surface area contributed by atoms with E-state index in [1.165, 1.54) is 18.2 Å². The van der Waals surface area contributed by atoms with E-state index in [9.17, 15) is 19.7 Å². The number of nitro groups is 1. The number of carboxylic acid groups (broad SMARTS) is 2. The lowest BCUT2D eigenvalue weighted by molar-refractivity contribution is -0.384. The van der Waals surface area contributed by atoms with Gasteiger partial charge in [0.05, 0.1) is 20.5 Å². The highest BCUT2D eigenvalue weighted by molar-refractivity contribution is 8.18. The van der Waals surface area contributed by atoms with Gasteiger partial charge in [0.1, 0.15) is 0 Å². The summed E-state index contributed by atoms with van der Waals surface area (Å²) in [5, 5.41) is 28.4. The number of nitrogens with zero attached hydrogens (tertiary/aromatic N) is 1. The van der Waals surface area contributed by atoms with Crippen molar-refractivity contribution in [1.29, 1.82) is 0 Å². The van der Waals surface area contributed by atoms with Crippen LogP contribution in [-0.4, -0.2) is 38.6 Å². The zero-order valence-corrected chi connectivity index (χ0v) is 12.6. The molecule has 21 heavy (non-hydrogen) atoms. The topological polar surface area (TPSA) is 118 Å². The molecule has 0 heterocycles. The number of benzene rings is 1. The molecule has 0 aliphatic rings. The van der Waals surface area contributed by atoms with Crippen LogP contribution in [0.4, 0.5) is 5.69 Å². The van der Waals surface area contributed by atoms with E-state index >= 15 is 0 Å². The second-order valence-corrected chi connectivity index (χ2v) is 7.16. The fourth-order valence-electron chi connectivity index (χ4n) is 1.51. The van der Waals surface area contributed by atoms with Crippen LogP contribution in [0.1, 0.15) is 12.5 Å². The summed E-state index contributed by atoms with van der Waals surface area (Å²) in [7, 11) is 0. The lowest BCUT2D eigenvalue weighted by atomic mass is 10.1. The number of hydrogen-bond acceptors (Lipinski definition) is 6. The quantitative estimate of drug-likeness (QED) is 0.423. The van der Waals surface area contributed by atoms with E-state index in [0.717, 1.165) is 23.5 Å². The Morgan fingerprint density at radius 3 is 2.19 bits per heavy atom. The van der Waals surface area contributed by atoms with Crippen LogP contribution in [0, 0.1) is 10.1 Å². The van der Waals surface area contributed by atoms with E-state index in [-0.39, 0.29) is 17.2 Å². The minimum absolute atomic E-state index is 0.120. The number of thioether (sulfide) groups is 2. The van der Waals surface area contributed by atoms with E-state index in [1.807, 2.05) is 0 Å². The van der Waals surface area contributed by atoms with Crippen molar-refractivity contribution in [3.63, 3.8) is 0 Å². The standard InChI is InChI=1S/C12H13NO6S2/c1-12(20-6-10(14)15,21-7-11(16)17)8-3-2-4-9(5-8)13(18)19/h2-5H,6-7H2,1H3,(H,14,15)(H,16,17). The van der Waals surface area contributed by atoms with Gasteiger partial charge in [0, 0.05) is 12.1 Å². The molecule has 0 saturated heterocycles. The SMILES string of the molecule is CC(SCC(=O)O)(SCC(=O)O)c1cccc([N+](=O)[O-])c1. The normalized spacial score (nSPS) is 11.1. The first-order chi connectivity index (χ1) is 9.74. The van der Waals surface area contributed by atoms with Gasteiger partial charge in [-0.05, 0) is 12.5 Å². The molecule has 0 amide bonds. The second kappa shape index (κ2) is 7.32. The van der Waals surface area contributed by atoms with Crippen LogP contribution >= 0.6 is 23.5 Å². The van der Waals surface area contributed by atoms with Crippen molar-refractivity contribution >= 4 is 41.1 Å². The van der Waals surface area contributed by atoms with Crippen LogP contribution in [0.2, 0.25) is 0 Å².